The van der Waals surface area contributed by atoms with E-state index >= 15 is 0 Å². The van der Waals surface area contributed by atoms with Crippen molar-refractivity contribution in [1.29, 1.82) is 0 Å². The van der Waals surface area contributed by atoms with E-state index < -0.39 is 29.2 Å². The highest BCUT2D eigenvalue weighted by Crippen LogP contribution is 2.38. The normalized spacial score (nSPS) is 10.6. The van der Waals surface area contributed by atoms with Gasteiger partial charge in [0.25, 0.3) is 5.91 Å². The Labute approximate surface area is 197 Å². The topological polar surface area (TPSA) is 107 Å². The highest BCUT2D eigenvalue weighted by molar-refractivity contribution is 6.06. The first-order valence-corrected chi connectivity index (χ1v) is 9.24. The van der Waals surface area contributed by atoms with Gasteiger partial charge in [-0.15, -0.1) is 12.4 Å². The zero-order chi connectivity index (χ0) is 24.2. The van der Waals surface area contributed by atoms with Crippen LogP contribution in [-0.4, -0.2) is 36.2 Å². The molecule has 3 aromatic rings. The minimum absolute atomic E-state index is 0. The molecule has 0 unspecified atom stereocenters. The molecular weight excluding hydrogens is 481 g/mol. The predicted molar refractivity (Wildman–Crippen MR) is 117 cm³/mol. The second-order valence-electron chi connectivity index (χ2n) is 6.52. The minimum Gasteiger partial charge on any atom is -0.497 e. The number of carbonyl (C=O) groups is 2. The van der Waals surface area contributed by atoms with E-state index in [-0.39, 0.29) is 41.0 Å². The van der Waals surface area contributed by atoms with E-state index in [9.17, 15) is 22.8 Å². The van der Waals surface area contributed by atoms with Crippen molar-refractivity contribution in [3.63, 3.8) is 0 Å². The Morgan fingerprint density at radius 1 is 0.941 bits per heavy atom. The number of anilines is 1. The summed E-state index contributed by atoms with van der Waals surface area (Å²) in [5, 5.41) is 11.3. The van der Waals surface area contributed by atoms with Crippen molar-refractivity contribution in [1.82, 2.24) is 4.98 Å². The van der Waals surface area contributed by atoms with Gasteiger partial charge in [-0.1, -0.05) is 0 Å². The van der Waals surface area contributed by atoms with Gasteiger partial charge in [-0.25, -0.2) is 9.78 Å². The van der Waals surface area contributed by atoms with Gasteiger partial charge in [-0.3, -0.25) is 4.79 Å². The zero-order valence-corrected chi connectivity index (χ0v) is 18.5. The summed E-state index contributed by atoms with van der Waals surface area (Å²) in [4.78, 5) is 27.4. The number of aromatic carboxylic acids is 1. The largest absolute Gasteiger partial charge is 0.497 e. The summed E-state index contributed by atoms with van der Waals surface area (Å²) in [6, 6.07) is 9.40. The Morgan fingerprint density at radius 3 is 2.21 bits per heavy atom. The second kappa shape index (κ2) is 10.8. The Morgan fingerprint density at radius 2 is 1.65 bits per heavy atom. The maximum Gasteiger partial charge on any atom is 0.416 e. The summed E-state index contributed by atoms with van der Waals surface area (Å²) in [6.45, 7) is 0. The van der Waals surface area contributed by atoms with Gasteiger partial charge in [0.2, 0.25) is 0 Å². The quantitative estimate of drug-likeness (QED) is 0.456. The molecule has 0 aliphatic carbocycles. The molecule has 0 radical (unpaired) electrons. The summed E-state index contributed by atoms with van der Waals surface area (Å²) in [6.07, 6.45) is -3.63. The number of hydrogen-bond donors (Lipinski definition) is 2. The number of methoxy groups -OCH3 is 2. The van der Waals surface area contributed by atoms with Gasteiger partial charge in [-0.05, 0) is 42.5 Å². The van der Waals surface area contributed by atoms with Crippen LogP contribution >= 0.6 is 12.4 Å². The zero-order valence-electron chi connectivity index (χ0n) is 17.7. The van der Waals surface area contributed by atoms with E-state index in [1.165, 1.54) is 32.4 Å². The second-order valence-corrected chi connectivity index (χ2v) is 6.52. The summed E-state index contributed by atoms with van der Waals surface area (Å²) in [5.41, 5.74) is -1.65. The number of nitrogens with one attached hydrogen (secondary N) is 1. The van der Waals surface area contributed by atoms with Gasteiger partial charge >= 0.3 is 12.1 Å². The number of alkyl halides is 3. The van der Waals surface area contributed by atoms with Crippen molar-refractivity contribution >= 4 is 30.0 Å². The van der Waals surface area contributed by atoms with E-state index in [1.54, 1.807) is 6.07 Å². The number of halogens is 4. The van der Waals surface area contributed by atoms with Crippen molar-refractivity contribution in [2.45, 2.75) is 6.18 Å². The molecular formula is C22H18ClF3N2O6. The molecule has 34 heavy (non-hydrogen) atoms. The monoisotopic (exact) mass is 498 g/mol. The molecule has 0 fully saturated rings. The number of amides is 1. The third-order valence-corrected chi connectivity index (χ3v) is 4.38. The molecule has 0 saturated carbocycles. The first kappa shape index (κ1) is 26.3. The molecule has 3 rings (SSSR count). The fourth-order valence-corrected chi connectivity index (χ4v) is 2.74. The molecule has 0 bridgehead atoms. The predicted octanol–water partition coefficient (Wildman–Crippen LogP) is 5.28. The third kappa shape index (κ3) is 6.07. The molecule has 12 heteroatoms. The lowest BCUT2D eigenvalue weighted by Crippen LogP contribution is -2.15. The Balaban J connectivity index is 0.00000408. The summed E-state index contributed by atoms with van der Waals surface area (Å²) in [5.74, 6) is -1.53. The molecule has 2 N–H and O–H groups in total. The number of carbonyl (C=O) groups excluding carboxylic acids is 1. The van der Waals surface area contributed by atoms with Crippen LogP contribution in [0.1, 0.15) is 26.4 Å². The van der Waals surface area contributed by atoms with Crippen molar-refractivity contribution in [2.24, 2.45) is 0 Å². The van der Waals surface area contributed by atoms with Crippen molar-refractivity contribution in [3.8, 4) is 23.0 Å². The summed E-state index contributed by atoms with van der Waals surface area (Å²) < 4.78 is 55.8. The first-order valence-electron chi connectivity index (χ1n) is 9.24. The molecule has 0 atom stereocenters. The van der Waals surface area contributed by atoms with Gasteiger partial charge < -0.3 is 24.6 Å². The van der Waals surface area contributed by atoms with E-state index in [2.05, 4.69) is 10.3 Å². The number of hydrogen-bond acceptors (Lipinski definition) is 6. The van der Waals surface area contributed by atoms with Crippen LogP contribution in [0.15, 0.2) is 54.7 Å². The van der Waals surface area contributed by atoms with Crippen molar-refractivity contribution in [3.05, 3.63) is 71.5 Å². The van der Waals surface area contributed by atoms with Crippen LogP contribution in [0.4, 0.5) is 18.9 Å². The van der Waals surface area contributed by atoms with Crippen LogP contribution in [-0.2, 0) is 6.18 Å². The summed E-state index contributed by atoms with van der Waals surface area (Å²) in [7, 11) is 2.82. The molecule has 2 aromatic carbocycles. The lowest BCUT2D eigenvalue weighted by Gasteiger charge is -2.16. The maximum absolute atomic E-state index is 13.3. The average Bonchev–Trinajstić information content (AvgIpc) is 2.79. The maximum atomic E-state index is 13.3. The molecule has 8 nitrogen and oxygen atoms in total. The van der Waals surface area contributed by atoms with Gasteiger partial charge in [0.15, 0.2) is 11.5 Å². The highest BCUT2D eigenvalue weighted by atomic mass is 35.5. The molecule has 0 saturated heterocycles. The van der Waals surface area contributed by atoms with E-state index in [0.29, 0.717) is 11.8 Å². The molecule has 180 valence electrons. The number of rotatable bonds is 7. The van der Waals surface area contributed by atoms with Crippen LogP contribution in [0.5, 0.6) is 23.0 Å². The van der Waals surface area contributed by atoms with Crippen LogP contribution in [0.3, 0.4) is 0 Å². The number of carboxylic acids is 1. The number of ether oxygens (including phenoxy) is 3. The lowest BCUT2D eigenvalue weighted by atomic mass is 10.1. The Hall–Kier alpha value is -3.99. The fourth-order valence-electron chi connectivity index (χ4n) is 2.74. The van der Waals surface area contributed by atoms with Gasteiger partial charge in [-0.2, -0.15) is 13.2 Å². The van der Waals surface area contributed by atoms with Crippen LogP contribution in [0, 0.1) is 0 Å². The fraction of sp³-hybridized carbons (Fsp3) is 0.136. The van der Waals surface area contributed by atoms with E-state index in [0.717, 1.165) is 24.4 Å². The first-order chi connectivity index (χ1) is 15.6. The van der Waals surface area contributed by atoms with Crippen molar-refractivity contribution < 1.29 is 42.1 Å². The number of carboxylic acid groups (broad SMARTS) is 1. The minimum atomic E-state index is -4.70. The molecule has 0 aliphatic heterocycles. The van der Waals surface area contributed by atoms with Gasteiger partial charge in [0.1, 0.15) is 17.2 Å². The molecule has 1 heterocycles. The number of pyridine rings is 1. The number of aromatic nitrogens is 1. The van der Waals surface area contributed by atoms with Crippen LogP contribution in [0.2, 0.25) is 0 Å². The SMILES string of the molecule is COc1ccc(Oc2ccc(C(F)(F)F)cc2C(=O)Nc2ccc(C(=O)O)nc2)c(OC)c1.Cl. The smallest absolute Gasteiger partial charge is 0.416 e. The van der Waals surface area contributed by atoms with Crippen molar-refractivity contribution in [2.75, 3.05) is 19.5 Å². The number of nitrogens with zero attached hydrogens (tertiary/aromatic N) is 1. The van der Waals surface area contributed by atoms with E-state index in [1.807, 2.05) is 0 Å². The highest BCUT2D eigenvalue weighted by Gasteiger charge is 2.32. The number of benzene rings is 2. The molecule has 0 spiro atoms. The molecule has 0 aliphatic rings. The Bertz CT molecular complexity index is 1190. The lowest BCUT2D eigenvalue weighted by molar-refractivity contribution is -0.137. The van der Waals surface area contributed by atoms with Gasteiger partial charge in [0.05, 0.1) is 37.2 Å². The average molecular weight is 499 g/mol. The van der Waals surface area contributed by atoms with Crippen LogP contribution in [0.25, 0.3) is 0 Å². The summed E-state index contributed by atoms with van der Waals surface area (Å²) >= 11 is 0. The third-order valence-electron chi connectivity index (χ3n) is 4.38. The standard InChI is InChI=1S/C22H17F3N2O6.ClH/c1-31-14-5-8-18(19(10-14)32-2)33-17-7-3-12(22(23,24)25)9-15(17)20(28)27-13-4-6-16(21(29)30)26-11-13;/h3-11H,1-2H3,(H,27,28)(H,29,30);1H. The Kier molecular flexibility index (Phi) is 8.31. The van der Waals surface area contributed by atoms with Gasteiger partial charge in [0, 0.05) is 6.07 Å². The van der Waals surface area contributed by atoms with Crippen LogP contribution < -0.4 is 19.5 Å². The van der Waals surface area contributed by atoms with E-state index in [4.69, 9.17) is 19.3 Å². The molecule has 1 amide bonds. The molecule has 1 aromatic heterocycles.